The molecule has 5 heteroatoms. The quantitative estimate of drug-likeness (QED) is 0.801. The van der Waals surface area contributed by atoms with Crippen LogP contribution in [0.15, 0.2) is 18.3 Å². The first-order valence-electron chi connectivity index (χ1n) is 6.99. The number of nitrogens with one attached hydrogen (secondary N) is 1. The molecule has 0 aromatic carbocycles. The van der Waals surface area contributed by atoms with Gasteiger partial charge in [-0.15, -0.1) is 0 Å². The van der Waals surface area contributed by atoms with Gasteiger partial charge >= 0.3 is 0 Å². The van der Waals surface area contributed by atoms with Crippen LogP contribution in [-0.2, 0) is 0 Å². The second-order valence-corrected chi connectivity index (χ2v) is 5.41. The lowest BCUT2D eigenvalue weighted by Gasteiger charge is -2.14. The van der Waals surface area contributed by atoms with Gasteiger partial charge in [0.05, 0.1) is 17.8 Å². The van der Waals surface area contributed by atoms with E-state index in [1.54, 1.807) is 12.1 Å². The van der Waals surface area contributed by atoms with Gasteiger partial charge in [0.25, 0.3) is 5.91 Å². The number of hydrogen-bond donors (Lipinski definition) is 2. The molecule has 0 aliphatic rings. The highest BCUT2D eigenvalue weighted by atomic mass is 16.5. The highest BCUT2D eigenvalue weighted by molar-refractivity contribution is 5.93. The van der Waals surface area contributed by atoms with Crippen molar-refractivity contribution in [3.63, 3.8) is 0 Å². The molecule has 0 radical (unpaired) electrons. The second kappa shape index (κ2) is 7.85. The lowest BCUT2D eigenvalue weighted by molar-refractivity contribution is 0.0920. The maximum Gasteiger partial charge on any atom is 0.252 e. The number of aromatic nitrogens is 1. The van der Waals surface area contributed by atoms with E-state index in [1.807, 2.05) is 27.7 Å². The van der Waals surface area contributed by atoms with E-state index < -0.39 is 6.10 Å². The summed E-state index contributed by atoms with van der Waals surface area (Å²) in [5.74, 6) is 0.511. The molecular weight excluding hydrogens is 256 g/mol. The van der Waals surface area contributed by atoms with Crippen molar-refractivity contribution in [1.82, 2.24) is 10.3 Å². The zero-order valence-electron chi connectivity index (χ0n) is 12.6. The van der Waals surface area contributed by atoms with Gasteiger partial charge in [0, 0.05) is 18.8 Å². The molecule has 2 N–H and O–H groups in total. The van der Waals surface area contributed by atoms with E-state index in [2.05, 4.69) is 10.3 Å². The first kappa shape index (κ1) is 16.4. The molecule has 1 aromatic rings. The second-order valence-electron chi connectivity index (χ2n) is 5.41. The van der Waals surface area contributed by atoms with Gasteiger partial charge in [-0.3, -0.25) is 4.79 Å². The number of hydrogen-bond acceptors (Lipinski definition) is 4. The summed E-state index contributed by atoms with van der Waals surface area (Å²) in [5.41, 5.74) is 0.486. The zero-order valence-corrected chi connectivity index (χ0v) is 12.6. The van der Waals surface area contributed by atoms with E-state index in [-0.39, 0.29) is 17.9 Å². The zero-order chi connectivity index (χ0) is 15.1. The Hall–Kier alpha value is -1.62. The summed E-state index contributed by atoms with van der Waals surface area (Å²) in [6, 6.07) is 3.36. The summed E-state index contributed by atoms with van der Waals surface area (Å²) in [5, 5.41) is 12.4. The molecule has 0 aliphatic carbocycles. The normalized spacial score (nSPS) is 12.6. The molecular formula is C15H24N2O3. The van der Waals surface area contributed by atoms with Crippen LogP contribution >= 0.6 is 0 Å². The van der Waals surface area contributed by atoms with Gasteiger partial charge in [-0.2, -0.15) is 0 Å². The lowest BCUT2D eigenvalue weighted by atomic mass is 10.0. The van der Waals surface area contributed by atoms with Crippen LogP contribution in [0, 0.1) is 5.92 Å². The topological polar surface area (TPSA) is 71.5 Å². The molecule has 0 saturated carbocycles. The number of pyridine rings is 1. The Bertz CT molecular complexity index is 416. The van der Waals surface area contributed by atoms with Crippen molar-refractivity contribution in [2.45, 2.75) is 46.3 Å². The van der Waals surface area contributed by atoms with Crippen molar-refractivity contribution in [2.24, 2.45) is 5.92 Å². The third kappa shape index (κ3) is 5.57. The van der Waals surface area contributed by atoms with Crippen molar-refractivity contribution in [1.29, 1.82) is 0 Å². The van der Waals surface area contributed by atoms with Crippen molar-refractivity contribution >= 4 is 5.91 Å². The number of amides is 1. The molecule has 0 spiro atoms. The van der Waals surface area contributed by atoms with E-state index >= 15 is 0 Å². The fraction of sp³-hybridized carbons (Fsp3) is 0.600. The average molecular weight is 280 g/mol. The molecule has 0 aliphatic heterocycles. The molecule has 5 nitrogen and oxygen atoms in total. The summed E-state index contributed by atoms with van der Waals surface area (Å²) in [6.45, 7) is 8.18. The van der Waals surface area contributed by atoms with E-state index in [4.69, 9.17) is 4.74 Å². The molecule has 1 rings (SSSR count). The van der Waals surface area contributed by atoms with Crippen LogP contribution in [0.4, 0.5) is 0 Å². The van der Waals surface area contributed by atoms with Crippen molar-refractivity contribution in [3.8, 4) is 5.88 Å². The lowest BCUT2D eigenvalue weighted by Crippen LogP contribution is -2.28. The maximum atomic E-state index is 11.9. The monoisotopic (exact) mass is 280 g/mol. The smallest absolute Gasteiger partial charge is 0.252 e. The van der Waals surface area contributed by atoms with E-state index in [0.29, 0.717) is 24.4 Å². The number of rotatable bonds is 7. The highest BCUT2D eigenvalue weighted by Gasteiger charge is 2.11. The fourth-order valence-corrected chi connectivity index (χ4v) is 1.59. The van der Waals surface area contributed by atoms with Gasteiger partial charge in [0.2, 0.25) is 5.88 Å². The number of ether oxygens (including phenoxy) is 1. The molecule has 1 unspecified atom stereocenters. The molecule has 0 bridgehead atoms. The third-order valence-electron chi connectivity index (χ3n) is 2.85. The van der Waals surface area contributed by atoms with Crippen LogP contribution < -0.4 is 10.1 Å². The largest absolute Gasteiger partial charge is 0.475 e. The van der Waals surface area contributed by atoms with Crippen LogP contribution in [0.2, 0.25) is 0 Å². The minimum absolute atomic E-state index is 0.0553. The Labute approximate surface area is 120 Å². The SMILES string of the molecule is CC(C)Oc1ccc(C(=O)NCCC(O)C(C)C)cn1. The first-order valence-corrected chi connectivity index (χ1v) is 6.99. The summed E-state index contributed by atoms with van der Waals surface area (Å²) < 4.78 is 5.41. The van der Waals surface area contributed by atoms with E-state index in [9.17, 15) is 9.90 Å². The van der Waals surface area contributed by atoms with Gasteiger partial charge in [0.1, 0.15) is 0 Å². The minimum atomic E-state index is -0.393. The standard InChI is InChI=1S/C15H24N2O3/c1-10(2)13(18)7-8-16-15(19)12-5-6-14(17-9-12)20-11(3)4/h5-6,9-11,13,18H,7-8H2,1-4H3,(H,16,19). The predicted octanol–water partition coefficient (Wildman–Crippen LogP) is 2.01. The van der Waals surface area contributed by atoms with Gasteiger partial charge < -0.3 is 15.2 Å². The number of nitrogens with zero attached hydrogens (tertiary/aromatic N) is 1. The van der Waals surface area contributed by atoms with Gasteiger partial charge in [-0.1, -0.05) is 13.8 Å². The Morgan fingerprint density at radius 1 is 1.35 bits per heavy atom. The number of aliphatic hydroxyl groups excluding tert-OH is 1. The van der Waals surface area contributed by atoms with Crippen molar-refractivity contribution in [2.75, 3.05) is 6.54 Å². The summed E-state index contributed by atoms with van der Waals surface area (Å²) >= 11 is 0. The average Bonchev–Trinajstić information content (AvgIpc) is 2.38. The molecule has 20 heavy (non-hydrogen) atoms. The Kier molecular flexibility index (Phi) is 6.45. The van der Waals surface area contributed by atoms with Crippen LogP contribution in [-0.4, -0.2) is 34.8 Å². The maximum absolute atomic E-state index is 11.9. The molecule has 1 heterocycles. The van der Waals surface area contributed by atoms with E-state index in [1.165, 1.54) is 6.20 Å². The van der Waals surface area contributed by atoms with Gasteiger partial charge in [-0.05, 0) is 32.3 Å². The van der Waals surface area contributed by atoms with Gasteiger partial charge in [-0.25, -0.2) is 4.98 Å². The number of aliphatic hydroxyl groups is 1. The Morgan fingerprint density at radius 2 is 2.05 bits per heavy atom. The number of carbonyl (C=O) groups excluding carboxylic acids is 1. The first-order chi connectivity index (χ1) is 9.40. The molecule has 0 fully saturated rings. The summed E-state index contributed by atoms with van der Waals surface area (Å²) in [4.78, 5) is 15.9. The van der Waals surface area contributed by atoms with Crippen LogP contribution in [0.3, 0.4) is 0 Å². The van der Waals surface area contributed by atoms with Crippen LogP contribution in [0.1, 0.15) is 44.5 Å². The highest BCUT2D eigenvalue weighted by Crippen LogP contribution is 2.09. The Balaban J connectivity index is 2.43. The molecule has 1 aromatic heterocycles. The summed E-state index contributed by atoms with van der Waals surface area (Å²) in [7, 11) is 0. The Morgan fingerprint density at radius 3 is 2.55 bits per heavy atom. The van der Waals surface area contributed by atoms with Crippen LogP contribution in [0.5, 0.6) is 5.88 Å². The third-order valence-corrected chi connectivity index (χ3v) is 2.85. The molecule has 1 atom stereocenters. The van der Waals surface area contributed by atoms with Crippen LogP contribution in [0.25, 0.3) is 0 Å². The summed E-state index contributed by atoms with van der Waals surface area (Å²) in [6.07, 6.45) is 1.70. The van der Waals surface area contributed by atoms with Gasteiger partial charge in [0.15, 0.2) is 0 Å². The number of carbonyl (C=O) groups is 1. The van der Waals surface area contributed by atoms with Crippen molar-refractivity contribution in [3.05, 3.63) is 23.9 Å². The molecule has 0 saturated heterocycles. The molecule has 1 amide bonds. The van der Waals surface area contributed by atoms with E-state index in [0.717, 1.165) is 0 Å². The molecule has 112 valence electrons. The fourth-order valence-electron chi connectivity index (χ4n) is 1.59. The predicted molar refractivity (Wildman–Crippen MR) is 77.8 cm³/mol. The minimum Gasteiger partial charge on any atom is -0.475 e. The van der Waals surface area contributed by atoms with Crippen molar-refractivity contribution < 1.29 is 14.6 Å².